The third kappa shape index (κ3) is 4.56. The Bertz CT molecular complexity index is 908. The van der Waals surface area contributed by atoms with Crippen molar-refractivity contribution >= 4 is 11.8 Å². The predicted octanol–water partition coefficient (Wildman–Crippen LogP) is 1.24. The zero-order chi connectivity index (χ0) is 21.8. The maximum atomic E-state index is 13.4. The van der Waals surface area contributed by atoms with Gasteiger partial charge in [0.2, 0.25) is 11.8 Å². The molecule has 1 aliphatic heterocycles. The van der Waals surface area contributed by atoms with E-state index in [1.54, 1.807) is 48.4 Å². The molecule has 1 aliphatic rings. The van der Waals surface area contributed by atoms with Crippen LogP contribution in [0, 0.1) is 5.92 Å². The molecule has 0 aromatic carbocycles. The van der Waals surface area contributed by atoms with Crippen LogP contribution in [0.4, 0.5) is 0 Å². The van der Waals surface area contributed by atoms with Gasteiger partial charge in [0.1, 0.15) is 18.0 Å². The van der Waals surface area contributed by atoms with Crippen LogP contribution in [0.15, 0.2) is 31.0 Å². The highest BCUT2D eigenvalue weighted by molar-refractivity contribution is 5.98. The summed E-state index contributed by atoms with van der Waals surface area (Å²) in [5, 5.41) is 9.71. The van der Waals surface area contributed by atoms with Crippen LogP contribution in [-0.4, -0.2) is 80.6 Å². The van der Waals surface area contributed by atoms with E-state index in [0.717, 1.165) is 5.56 Å². The SMILES string of the molecule is CC(=O)N(C)C[C@@H]1Oc2ncc(-c3cncnc3)cc2C(=O)N([C@@H](C)CO)C[C@@H]1C. The molecule has 0 saturated carbocycles. The van der Waals surface area contributed by atoms with Gasteiger partial charge in [0.05, 0.1) is 19.2 Å². The van der Waals surface area contributed by atoms with Crippen molar-refractivity contribution in [3.63, 3.8) is 0 Å². The monoisotopic (exact) mass is 413 g/mol. The number of aromatic nitrogens is 3. The third-order valence-electron chi connectivity index (χ3n) is 5.41. The lowest BCUT2D eigenvalue weighted by molar-refractivity contribution is -0.129. The summed E-state index contributed by atoms with van der Waals surface area (Å²) in [5.74, 6) is -0.203. The molecular weight excluding hydrogens is 386 g/mol. The van der Waals surface area contributed by atoms with Gasteiger partial charge in [-0.05, 0) is 13.0 Å². The third-order valence-corrected chi connectivity index (χ3v) is 5.41. The molecule has 0 spiro atoms. The Morgan fingerprint density at radius 3 is 2.67 bits per heavy atom. The van der Waals surface area contributed by atoms with Crippen molar-refractivity contribution in [3.05, 3.63) is 36.5 Å². The van der Waals surface area contributed by atoms with Crippen LogP contribution in [0.2, 0.25) is 0 Å². The zero-order valence-corrected chi connectivity index (χ0v) is 17.6. The van der Waals surface area contributed by atoms with E-state index >= 15 is 0 Å². The fourth-order valence-electron chi connectivity index (χ4n) is 3.32. The molecule has 160 valence electrons. The predicted molar refractivity (Wildman–Crippen MR) is 110 cm³/mol. The Labute approximate surface area is 175 Å². The van der Waals surface area contributed by atoms with Gasteiger partial charge in [0, 0.05) is 56.2 Å². The summed E-state index contributed by atoms with van der Waals surface area (Å²) in [6, 6.07) is 1.34. The van der Waals surface area contributed by atoms with Crippen LogP contribution in [0.25, 0.3) is 11.1 Å². The fraction of sp³-hybridized carbons (Fsp3) is 0.476. The highest BCUT2D eigenvalue weighted by atomic mass is 16.5. The first-order valence-electron chi connectivity index (χ1n) is 9.87. The van der Waals surface area contributed by atoms with Gasteiger partial charge in [-0.15, -0.1) is 0 Å². The molecule has 2 amide bonds. The maximum Gasteiger partial charge on any atom is 0.259 e. The van der Waals surface area contributed by atoms with Crippen LogP contribution < -0.4 is 4.74 Å². The van der Waals surface area contributed by atoms with Gasteiger partial charge in [0.15, 0.2) is 0 Å². The van der Waals surface area contributed by atoms with Crippen LogP contribution in [0.1, 0.15) is 31.1 Å². The molecule has 9 heteroatoms. The van der Waals surface area contributed by atoms with Crippen LogP contribution in [-0.2, 0) is 4.79 Å². The molecule has 0 fully saturated rings. The van der Waals surface area contributed by atoms with Gasteiger partial charge in [0.25, 0.3) is 5.91 Å². The average Bonchev–Trinajstić information content (AvgIpc) is 2.75. The smallest absolute Gasteiger partial charge is 0.259 e. The van der Waals surface area contributed by atoms with Gasteiger partial charge in [-0.3, -0.25) is 9.59 Å². The Balaban J connectivity index is 2.05. The highest BCUT2D eigenvalue weighted by Crippen LogP contribution is 2.30. The molecule has 3 heterocycles. The minimum absolute atomic E-state index is 0.0721. The van der Waals surface area contributed by atoms with E-state index in [1.165, 1.54) is 13.3 Å². The van der Waals surface area contributed by atoms with E-state index in [4.69, 9.17) is 4.74 Å². The van der Waals surface area contributed by atoms with Crippen molar-refractivity contribution < 1.29 is 19.4 Å². The lowest BCUT2D eigenvalue weighted by Crippen LogP contribution is -2.50. The first-order chi connectivity index (χ1) is 14.3. The number of carbonyl (C=O) groups excluding carboxylic acids is 2. The Kier molecular flexibility index (Phi) is 6.61. The van der Waals surface area contributed by atoms with E-state index in [2.05, 4.69) is 15.0 Å². The second kappa shape index (κ2) is 9.17. The standard InChI is InChI=1S/C21H27N5O4/c1-13-9-26(14(2)11-27)21(29)18-5-16(17-6-22-12-23-7-17)8-24-20(18)30-19(13)10-25(4)15(3)28/h5-8,12-14,19,27H,9-11H2,1-4H3/t13-,14-,19-/m0/s1. The summed E-state index contributed by atoms with van der Waals surface area (Å²) in [6.07, 6.45) is 5.97. The van der Waals surface area contributed by atoms with Gasteiger partial charge in [-0.2, -0.15) is 0 Å². The average molecular weight is 413 g/mol. The number of carbonyl (C=O) groups is 2. The maximum absolute atomic E-state index is 13.4. The second-order valence-electron chi connectivity index (χ2n) is 7.73. The van der Waals surface area contributed by atoms with Crippen molar-refractivity contribution in [2.24, 2.45) is 5.92 Å². The molecule has 2 aromatic heterocycles. The summed E-state index contributed by atoms with van der Waals surface area (Å²) in [5.41, 5.74) is 1.72. The molecule has 3 rings (SSSR count). The molecule has 3 atom stereocenters. The molecule has 0 saturated heterocycles. The molecule has 0 radical (unpaired) electrons. The van der Waals surface area contributed by atoms with E-state index in [-0.39, 0.29) is 42.4 Å². The van der Waals surface area contributed by atoms with Gasteiger partial charge in [-0.25, -0.2) is 15.0 Å². The molecule has 2 aromatic rings. The number of aliphatic hydroxyl groups excluding tert-OH is 1. The van der Waals surface area contributed by atoms with E-state index < -0.39 is 0 Å². The summed E-state index contributed by atoms with van der Waals surface area (Å²) in [6.45, 7) is 5.84. The Morgan fingerprint density at radius 1 is 1.33 bits per heavy atom. The number of hydrogen-bond donors (Lipinski definition) is 1. The topological polar surface area (TPSA) is 109 Å². The quantitative estimate of drug-likeness (QED) is 0.785. The fourth-order valence-corrected chi connectivity index (χ4v) is 3.32. The van der Waals surface area contributed by atoms with Gasteiger partial charge >= 0.3 is 0 Å². The summed E-state index contributed by atoms with van der Waals surface area (Å²) in [7, 11) is 1.71. The van der Waals surface area contributed by atoms with E-state index in [0.29, 0.717) is 24.2 Å². The number of rotatable bonds is 5. The molecule has 30 heavy (non-hydrogen) atoms. The number of pyridine rings is 1. The van der Waals surface area contributed by atoms with Crippen LogP contribution in [0.5, 0.6) is 5.88 Å². The summed E-state index contributed by atoms with van der Waals surface area (Å²) in [4.78, 5) is 40.8. The second-order valence-corrected chi connectivity index (χ2v) is 7.73. The molecule has 0 unspecified atom stereocenters. The number of likely N-dealkylation sites (N-methyl/N-ethyl adjacent to an activating group) is 1. The Morgan fingerprint density at radius 2 is 2.03 bits per heavy atom. The number of amides is 2. The number of aliphatic hydroxyl groups is 1. The Hall–Kier alpha value is -3.07. The van der Waals surface area contributed by atoms with Crippen molar-refractivity contribution in [3.8, 4) is 17.0 Å². The number of ether oxygens (including phenoxy) is 1. The highest BCUT2D eigenvalue weighted by Gasteiger charge is 2.34. The molecule has 9 nitrogen and oxygen atoms in total. The molecule has 0 bridgehead atoms. The molecular formula is C21H27N5O4. The van der Waals surface area contributed by atoms with Crippen LogP contribution in [0.3, 0.4) is 0 Å². The largest absolute Gasteiger partial charge is 0.472 e. The lowest BCUT2D eigenvalue weighted by Gasteiger charge is -2.37. The first-order valence-corrected chi connectivity index (χ1v) is 9.87. The number of hydrogen-bond acceptors (Lipinski definition) is 7. The minimum atomic E-state index is -0.374. The first kappa shape index (κ1) is 21.6. The van der Waals surface area contributed by atoms with Crippen molar-refractivity contribution in [2.75, 3.05) is 26.7 Å². The van der Waals surface area contributed by atoms with Crippen molar-refractivity contribution in [1.29, 1.82) is 0 Å². The van der Waals surface area contributed by atoms with Gasteiger partial charge in [-0.1, -0.05) is 6.92 Å². The van der Waals surface area contributed by atoms with Crippen molar-refractivity contribution in [2.45, 2.75) is 32.9 Å². The lowest BCUT2D eigenvalue weighted by atomic mass is 9.99. The number of fused-ring (bicyclic) bond motifs is 1. The normalized spacial score (nSPS) is 19.9. The van der Waals surface area contributed by atoms with E-state index in [9.17, 15) is 14.7 Å². The van der Waals surface area contributed by atoms with Crippen LogP contribution >= 0.6 is 0 Å². The van der Waals surface area contributed by atoms with E-state index in [1.807, 2.05) is 6.92 Å². The molecule has 1 N–H and O–H groups in total. The zero-order valence-electron chi connectivity index (χ0n) is 17.6. The number of nitrogens with zero attached hydrogens (tertiary/aromatic N) is 5. The molecule has 0 aliphatic carbocycles. The summed E-state index contributed by atoms with van der Waals surface area (Å²) < 4.78 is 6.15. The summed E-state index contributed by atoms with van der Waals surface area (Å²) >= 11 is 0. The van der Waals surface area contributed by atoms with Gasteiger partial charge < -0.3 is 19.6 Å². The van der Waals surface area contributed by atoms with Crippen molar-refractivity contribution in [1.82, 2.24) is 24.8 Å². The minimum Gasteiger partial charge on any atom is -0.472 e.